The predicted octanol–water partition coefficient (Wildman–Crippen LogP) is 3.07. The minimum absolute atomic E-state index is 0.250. The third-order valence-electron chi connectivity index (χ3n) is 1.48. The number of aromatic hydroxyl groups is 1. The molecule has 86 valence electrons. The van der Waals surface area contributed by atoms with Gasteiger partial charge >= 0.3 is 0 Å². The Morgan fingerprint density at radius 2 is 1.60 bits per heavy atom. The number of benzene rings is 1. The quantitative estimate of drug-likeness (QED) is 0.741. The topological polar surface area (TPSA) is 57.5 Å². The Kier molecular flexibility index (Phi) is 13.3. The van der Waals surface area contributed by atoms with E-state index in [0.29, 0.717) is 5.75 Å². The molecule has 0 bridgehead atoms. The van der Waals surface area contributed by atoms with E-state index >= 15 is 0 Å². The number of carbonyl (C=O) groups is 1. The van der Waals surface area contributed by atoms with Crippen molar-refractivity contribution in [3.63, 3.8) is 0 Å². The van der Waals surface area contributed by atoms with Gasteiger partial charge < -0.3 is 10.2 Å². The Bertz CT molecular complexity index is 229. The van der Waals surface area contributed by atoms with Gasteiger partial charge in [-0.2, -0.15) is 0 Å². The zero-order valence-electron chi connectivity index (χ0n) is 9.60. The van der Waals surface area contributed by atoms with E-state index in [1.165, 1.54) is 5.56 Å². The van der Waals surface area contributed by atoms with E-state index in [2.05, 4.69) is 6.92 Å². The van der Waals surface area contributed by atoms with Crippen LogP contribution in [0.3, 0.4) is 0 Å². The van der Waals surface area contributed by atoms with Crippen molar-refractivity contribution < 1.29 is 15.0 Å². The molecule has 1 aromatic rings. The first-order chi connectivity index (χ1) is 7.24. The summed E-state index contributed by atoms with van der Waals surface area (Å²) in [5.41, 5.74) is 1.29. The lowest BCUT2D eigenvalue weighted by Crippen LogP contribution is -1.79. The van der Waals surface area contributed by atoms with Gasteiger partial charge in [0.15, 0.2) is 0 Å². The lowest BCUT2D eigenvalue weighted by atomic mass is 10.1. The van der Waals surface area contributed by atoms with Gasteiger partial charge in [0, 0.05) is 0 Å². The Balaban J connectivity index is 0. The van der Waals surface area contributed by atoms with Gasteiger partial charge in [0.25, 0.3) is 6.47 Å². The molecule has 0 aromatic heterocycles. The molecule has 2 N–H and O–H groups in total. The summed E-state index contributed by atoms with van der Waals surface area (Å²) >= 11 is 0. The molecule has 3 nitrogen and oxygen atoms in total. The van der Waals surface area contributed by atoms with Gasteiger partial charge in [0.05, 0.1) is 0 Å². The third-order valence-corrected chi connectivity index (χ3v) is 1.48. The standard InChI is InChI=1S/C9H12O.C2H6.CH2O2/c1-2-3-8-4-6-9(10)7-5-8;1-2;2-1-3/h4-7,10H,2-3H2,1H3;1-2H3;1H,(H,2,3). The molecule has 0 atom stereocenters. The second-order valence-corrected chi connectivity index (χ2v) is 2.52. The maximum Gasteiger partial charge on any atom is 0.290 e. The highest BCUT2D eigenvalue weighted by Gasteiger charge is 1.89. The van der Waals surface area contributed by atoms with Gasteiger partial charge in [-0.1, -0.05) is 39.3 Å². The van der Waals surface area contributed by atoms with E-state index in [1.54, 1.807) is 12.1 Å². The first-order valence-corrected chi connectivity index (χ1v) is 5.10. The predicted molar refractivity (Wildman–Crippen MR) is 62.1 cm³/mol. The minimum atomic E-state index is -0.250. The monoisotopic (exact) mass is 212 g/mol. The average Bonchev–Trinajstić information content (AvgIpc) is 2.26. The number of hydrogen-bond acceptors (Lipinski definition) is 2. The normalized spacial score (nSPS) is 7.67. The Morgan fingerprint density at radius 3 is 1.93 bits per heavy atom. The summed E-state index contributed by atoms with van der Waals surface area (Å²) in [6.07, 6.45) is 2.26. The van der Waals surface area contributed by atoms with Gasteiger partial charge in [-0.3, -0.25) is 4.79 Å². The second kappa shape index (κ2) is 12.5. The number of phenols is 1. The van der Waals surface area contributed by atoms with Crippen LogP contribution in [0.1, 0.15) is 32.8 Å². The van der Waals surface area contributed by atoms with Crippen LogP contribution in [0.15, 0.2) is 24.3 Å². The largest absolute Gasteiger partial charge is 0.508 e. The number of rotatable bonds is 2. The van der Waals surface area contributed by atoms with E-state index < -0.39 is 0 Å². The van der Waals surface area contributed by atoms with Crippen molar-refractivity contribution in [1.29, 1.82) is 0 Å². The minimum Gasteiger partial charge on any atom is -0.508 e. The lowest BCUT2D eigenvalue weighted by molar-refractivity contribution is -0.122. The number of carboxylic acid groups (broad SMARTS) is 1. The van der Waals surface area contributed by atoms with Crippen LogP contribution < -0.4 is 0 Å². The fraction of sp³-hybridized carbons (Fsp3) is 0.417. The molecule has 0 unspecified atom stereocenters. The van der Waals surface area contributed by atoms with Crippen LogP contribution in [0.25, 0.3) is 0 Å². The molecule has 0 aliphatic heterocycles. The molecular formula is C12H20O3. The van der Waals surface area contributed by atoms with Crippen LogP contribution in [-0.4, -0.2) is 16.7 Å². The maximum absolute atomic E-state index is 8.92. The van der Waals surface area contributed by atoms with Crippen LogP contribution in [0, 0.1) is 0 Å². The van der Waals surface area contributed by atoms with Crippen molar-refractivity contribution in [2.45, 2.75) is 33.6 Å². The summed E-state index contributed by atoms with van der Waals surface area (Å²) in [4.78, 5) is 8.36. The fourth-order valence-electron chi connectivity index (χ4n) is 0.951. The first kappa shape index (κ1) is 15.9. The molecule has 0 saturated heterocycles. The van der Waals surface area contributed by atoms with Crippen molar-refractivity contribution >= 4 is 6.47 Å². The smallest absolute Gasteiger partial charge is 0.290 e. The zero-order chi connectivity index (χ0) is 12.1. The van der Waals surface area contributed by atoms with Crippen LogP contribution in [0.2, 0.25) is 0 Å². The second-order valence-electron chi connectivity index (χ2n) is 2.52. The van der Waals surface area contributed by atoms with E-state index in [0.717, 1.165) is 12.8 Å². The number of hydrogen-bond donors (Lipinski definition) is 2. The molecule has 0 heterocycles. The number of aryl methyl sites for hydroxylation is 1. The number of phenolic OH excluding ortho intramolecular Hbond substituents is 1. The van der Waals surface area contributed by atoms with Crippen molar-refractivity contribution in [2.75, 3.05) is 0 Å². The maximum atomic E-state index is 8.92. The summed E-state index contributed by atoms with van der Waals surface area (Å²) in [6.45, 7) is 5.90. The molecule has 0 aliphatic rings. The molecule has 0 spiro atoms. The third kappa shape index (κ3) is 10.4. The highest BCUT2D eigenvalue weighted by molar-refractivity contribution is 5.32. The molecule has 3 heteroatoms. The Hall–Kier alpha value is -1.51. The van der Waals surface area contributed by atoms with E-state index in [-0.39, 0.29) is 6.47 Å². The molecule has 0 aliphatic carbocycles. The van der Waals surface area contributed by atoms with Gasteiger partial charge in [0.1, 0.15) is 5.75 Å². The fourth-order valence-corrected chi connectivity index (χ4v) is 0.951. The molecule has 0 radical (unpaired) electrons. The molecule has 0 fully saturated rings. The van der Waals surface area contributed by atoms with Crippen molar-refractivity contribution in [1.82, 2.24) is 0 Å². The highest BCUT2D eigenvalue weighted by atomic mass is 16.3. The lowest BCUT2D eigenvalue weighted by Gasteiger charge is -1.96. The summed E-state index contributed by atoms with van der Waals surface area (Å²) in [7, 11) is 0. The summed E-state index contributed by atoms with van der Waals surface area (Å²) in [6, 6.07) is 7.37. The van der Waals surface area contributed by atoms with E-state index in [4.69, 9.17) is 15.0 Å². The Labute approximate surface area is 91.4 Å². The molecular weight excluding hydrogens is 192 g/mol. The van der Waals surface area contributed by atoms with Gasteiger partial charge in [-0.15, -0.1) is 0 Å². The Morgan fingerprint density at radius 1 is 1.20 bits per heavy atom. The first-order valence-electron chi connectivity index (χ1n) is 5.10. The van der Waals surface area contributed by atoms with Gasteiger partial charge in [-0.05, 0) is 24.1 Å². The van der Waals surface area contributed by atoms with E-state index in [9.17, 15) is 0 Å². The highest BCUT2D eigenvalue weighted by Crippen LogP contribution is 2.10. The zero-order valence-corrected chi connectivity index (χ0v) is 9.60. The van der Waals surface area contributed by atoms with Gasteiger partial charge in [-0.25, -0.2) is 0 Å². The van der Waals surface area contributed by atoms with Gasteiger partial charge in [0.2, 0.25) is 0 Å². The van der Waals surface area contributed by atoms with E-state index in [1.807, 2.05) is 26.0 Å². The van der Waals surface area contributed by atoms with Crippen LogP contribution in [0.4, 0.5) is 0 Å². The van der Waals surface area contributed by atoms with Crippen molar-refractivity contribution in [3.05, 3.63) is 29.8 Å². The van der Waals surface area contributed by atoms with Crippen LogP contribution in [0.5, 0.6) is 5.75 Å². The molecule has 1 rings (SSSR count). The van der Waals surface area contributed by atoms with Crippen molar-refractivity contribution in [2.24, 2.45) is 0 Å². The summed E-state index contributed by atoms with van der Waals surface area (Å²) in [5, 5.41) is 15.8. The summed E-state index contributed by atoms with van der Waals surface area (Å²) in [5.74, 6) is 0.347. The molecule has 0 amide bonds. The molecule has 15 heavy (non-hydrogen) atoms. The average molecular weight is 212 g/mol. The summed E-state index contributed by atoms with van der Waals surface area (Å²) < 4.78 is 0. The van der Waals surface area contributed by atoms with Crippen LogP contribution in [-0.2, 0) is 11.2 Å². The van der Waals surface area contributed by atoms with Crippen molar-refractivity contribution in [3.8, 4) is 5.75 Å². The molecule has 0 saturated carbocycles. The SMILES string of the molecule is CC.CCCc1ccc(O)cc1.O=CO. The van der Waals surface area contributed by atoms with Crippen LogP contribution >= 0.6 is 0 Å². The molecule has 1 aromatic carbocycles.